The molecule has 3 heterocycles. The number of imidazole rings is 1. The highest BCUT2D eigenvalue weighted by Crippen LogP contribution is 2.30. The Bertz CT molecular complexity index is 1420. The molecule has 4 aromatic rings. The summed E-state index contributed by atoms with van der Waals surface area (Å²) in [7, 11) is 0. The average molecular weight is 506 g/mol. The fraction of sp³-hybridized carbons (Fsp3) is 0.393. The van der Waals surface area contributed by atoms with Crippen LogP contribution in [0, 0.1) is 5.82 Å². The van der Waals surface area contributed by atoms with Gasteiger partial charge >= 0.3 is 6.09 Å². The lowest BCUT2D eigenvalue weighted by molar-refractivity contribution is 0.0204. The second-order valence-electron chi connectivity index (χ2n) is 10.6. The fourth-order valence-corrected chi connectivity index (χ4v) is 4.86. The standard InChI is InChI=1S/C28H32FN5O3/c1-28(2,3)37-27(36)33-16-14-19(15-17-33)24-21(13-10-18-8-11-20(29)12-9-18)25(35)34(32-24)26-30-22-6-4-5-7-23(22)31-26/h4-9,11-12,19,32H,10,13-17H2,1-3H3,(H,30,31). The van der Waals surface area contributed by atoms with E-state index in [4.69, 9.17) is 4.74 Å². The molecule has 1 saturated heterocycles. The van der Waals surface area contributed by atoms with E-state index in [-0.39, 0.29) is 23.4 Å². The number of aromatic nitrogens is 4. The number of halogens is 1. The molecule has 0 radical (unpaired) electrons. The molecular formula is C28H32FN5O3. The number of hydrogen-bond donors (Lipinski definition) is 2. The van der Waals surface area contributed by atoms with E-state index in [1.807, 2.05) is 45.0 Å². The molecule has 0 saturated carbocycles. The van der Waals surface area contributed by atoms with Gasteiger partial charge < -0.3 is 14.6 Å². The van der Waals surface area contributed by atoms with E-state index in [1.165, 1.54) is 16.8 Å². The van der Waals surface area contributed by atoms with Gasteiger partial charge in [0, 0.05) is 30.3 Å². The van der Waals surface area contributed by atoms with Gasteiger partial charge in [-0.05, 0) is 76.3 Å². The number of aryl methyl sites for hydroxylation is 1. The second kappa shape index (κ2) is 9.88. The Labute approximate surface area is 214 Å². The first-order valence-electron chi connectivity index (χ1n) is 12.7. The van der Waals surface area contributed by atoms with Crippen molar-refractivity contribution in [3.8, 4) is 5.95 Å². The number of aromatic amines is 2. The summed E-state index contributed by atoms with van der Waals surface area (Å²) < 4.78 is 20.4. The van der Waals surface area contributed by atoms with Crippen molar-refractivity contribution in [2.75, 3.05) is 13.1 Å². The van der Waals surface area contributed by atoms with E-state index < -0.39 is 5.60 Å². The van der Waals surface area contributed by atoms with Crippen molar-refractivity contribution in [2.45, 2.75) is 58.0 Å². The third-order valence-electron chi connectivity index (χ3n) is 6.74. The van der Waals surface area contributed by atoms with Crippen LogP contribution in [-0.4, -0.2) is 49.4 Å². The Kier molecular flexibility index (Phi) is 6.62. The fourth-order valence-electron chi connectivity index (χ4n) is 4.86. The van der Waals surface area contributed by atoms with Crippen LogP contribution in [0.3, 0.4) is 0 Å². The molecule has 8 nitrogen and oxygen atoms in total. The van der Waals surface area contributed by atoms with Crippen molar-refractivity contribution >= 4 is 17.1 Å². The molecule has 0 atom stereocenters. The molecule has 5 rings (SSSR count). The number of amides is 1. The van der Waals surface area contributed by atoms with Crippen molar-refractivity contribution in [3.05, 3.63) is 81.5 Å². The third kappa shape index (κ3) is 5.45. The number of nitrogens with zero attached hydrogens (tertiary/aromatic N) is 3. The third-order valence-corrected chi connectivity index (χ3v) is 6.74. The lowest BCUT2D eigenvalue weighted by atomic mass is 9.90. The number of para-hydroxylation sites is 2. The highest BCUT2D eigenvalue weighted by molar-refractivity contribution is 5.75. The molecule has 0 bridgehead atoms. The van der Waals surface area contributed by atoms with Crippen molar-refractivity contribution in [1.29, 1.82) is 0 Å². The number of fused-ring (bicyclic) bond motifs is 1. The molecule has 0 aliphatic carbocycles. The van der Waals surface area contributed by atoms with Crippen LogP contribution in [0.5, 0.6) is 0 Å². The van der Waals surface area contributed by atoms with Gasteiger partial charge in [-0.25, -0.2) is 14.2 Å². The molecule has 9 heteroatoms. The highest BCUT2D eigenvalue weighted by Gasteiger charge is 2.31. The number of nitrogens with one attached hydrogen (secondary N) is 2. The SMILES string of the molecule is CC(C)(C)OC(=O)N1CCC(c2[nH]n(-c3nc4ccccc4[nH]3)c(=O)c2CCc2ccc(F)cc2)CC1. The Morgan fingerprint density at radius 3 is 2.46 bits per heavy atom. The molecule has 194 valence electrons. The molecule has 37 heavy (non-hydrogen) atoms. The normalized spacial score (nSPS) is 14.9. The zero-order valence-corrected chi connectivity index (χ0v) is 21.4. The smallest absolute Gasteiger partial charge is 0.410 e. The van der Waals surface area contributed by atoms with E-state index in [9.17, 15) is 14.0 Å². The van der Waals surface area contributed by atoms with E-state index in [2.05, 4.69) is 15.1 Å². The maximum atomic E-state index is 13.6. The molecular weight excluding hydrogens is 473 g/mol. The summed E-state index contributed by atoms with van der Waals surface area (Å²) in [5, 5.41) is 3.34. The number of carbonyl (C=O) groups excluding carboxylic acids is 1. The van der Waals surface area contributed by atoms with Gasteiger partial charge in [0.05, 0.1) is 11.0 Å². The number of hydrogen-bond acceptors (Lipinski definition) is 4. The van der Waals surface area contributed by atoms with Gasteiger partial charge in [-0.2, -0.15) is 4.68 Å². The lowest BCUT2D eigenvalue weighted by Gasteiger charge is -2.33. The molecule has 1 amide bonds. The number of carbonyl (C=O) groups is 1. The molecule has 1 aliphatic rings. The summed E-state index contributed by atoms with van der Waals surface area (Å²) in [5.74, 6) is 0.238. The Morgan fingerprint density at radius 1 is 1.08 bits per heavy atom. The van der Waals surface area contributed by atoms with Crippen LogP contribution in [0.4, 0.5) is 9.18 Å². The van der Waals surface area contributed by atoms with Crippen LogP contribution in [0.2, 0.25) is 0 Å². The summed E-state index contributed by atoms with van der Waals surface area (Å²) in [6, 6.07) is 14.0. The first kappa shape index (κ1) is 24.8. The van der Waals surface area contributed by atoms with Crippen molar-refractivity contribution < 1.29 is 13.9 Å². The first-order valence-corrected chi connectivity index (χ1v) is 12.7. The minimum Gasteiger partial charge on any atom is -0.444 e. The van der Waals surface area contributed by atoms with Gasteiger partial charge in [-0.3, -0.25) is 9.89 Å². The predicted molar refractivity (Wildman–Crippen MR) is 140 cm³/mol. The molecule has 0 spiro atoms. The van der Waals surface area contributed by atoms with Crippen molar-refractivity contribution in [1.82, 2.24) is 24.6 Å². The van der Waals surface area contributed by atoms with Crippen LogP contribution in [0.25, 0.3) is 17.0 Å². The number of piperidine rings is 1. The number of ether oxygens (including phenoxy) is 1. The largest absolute Gasteiger partial charge is 0.444 e. The number of likely N-dealkylation sites (tertiary alicyclic amines) is 1. The van der Waals surface area contributed by atoms with Crippen LogP contribution < -0.4 is 5.56 Å². The quantitative estimate of drug-likeness (QED) is 0.395. The lowest BCUT2D eigenvalue weighted by Crippen LogP contribution is -2.41. The average Bonchev–Trinajstić information content (AvgIpc) is 3.43. The van der Waals surface area contributed by atoms with E-state index in [0.717, 1.165) is 22.3 Å². The highest BCUT2D eigenvalue weighted by atomic mass is 19.1. The van der Waals surface area contributed by atoms with E-state index in [0.29, 0.717) is 50.3 Å². The zero-order valence-electron chi connectivity index (χ0n) is 21.4. The van der Waals surface area contributed by atoms with Crippen molar-refractivity contribution in [3.63, 3.8) is 0 Å². The summed E-state index contributed by atoms with van der Waals surface area (Å²) in [6.07, 6.45) is 2.23. The number of rotatable bonds is 5. The van der Waals surface area contributed by atoms with E-state index >= 15 is 0 Å². The van der Waals surface area contributed by atoms with Crippen LogP contribution in [-0.2, 0) is 17.6 Å². The zero-order chi connectivity index (χ0) is 26.2. The van der Waals surface area contributed by atoms with Crippen LogP contribution >= 0.6 is 0 Å². The van der Waals surface area contributed by atoms with Gasteiger partial charge in [-0.1, -0.05) is 24.3 Å². The first-order chi connectivity index (χ1) is 17.7. The van der Waals surface area contributed by atoms with Gasteiger partial charge in [0.1, 0.15) is 11.4 Å². The summed E-state index contributed by atoms with van der Waals surface area (Å²) in [5.41, 5.74) is 3.46. The van der Waals surface area contributed by atoms with E-state index in [1.54, 1.807) is 17.0 Å². The van der Waals surface area contributed by atoms with Crippen LogP contribution in [0.15, 0.2) is 53.3 Å². The topological polar surface area (TPSA) is 96.0 Å². The molecule has 2 aromatic heterocycles. The summed E-state index contributed by atoms with van der Waals surface area (Å²) >= 11 is 0. The van der Waals surface area contributed by atoms with Crippen LogP contribution in [0.1, 0.15) is 56.4 Å². The Balaban J connectivity index is 1.42. The monoisotopic (exact) mass is 505 g/mol. The molecule has 0 unspecified atom stereocenters. The van der Waals surface area contributed by atoms with Gasteiger partial charge in [0.2, 0.25) is 5.95 Å². The maximum Gasteiger partial charge on any atom is 0.410 e. The van der Waals surface area contributed by atoms with Crippen molar-refractivity contribution in [2.24, 2.45) is 0 Å². The molecule has 1 aliphatic heterocycles. The summed E-state index contributed by atoms with van der Waals surface area (Å²) in [4.78, 5) is 35.7. The minimum absolute atomic E-state index is 0.0835. The van der Waals surface area contributed by atoms with Gasteiger partial charge in [0.25, 0.3) is 5.56 Å². The number of H-pyrrole nitrogens is 2. The predicted octanol–water partition coefficient (Wildman–Crippen LogP) is 5.08. The molecule has 2 N–H and O–H groups in total. The van der Waals surface area contributed by atoms with Gasteiger partial charge in [-0.15, -0.1) is 0 Å². The molecule has 2 aromatic carbocycles. The summed E-state index contributed by atoms with van der Waals surface area (Å²) in [6.45, 7) is 6.67. The minimum atomic E-state index is -0.545. The van der Waals surface area contributed by atoms with Gasteiger partial charge in [0.15, 0.2) is 0 Å². The Hall–Kier alpha value is -3.88. The Morgan fingerprint density at radius 2 is 1.78 bits per heavy atom. The number of benzene rings is 2. The molecule has 1 fully saturated rings. The maximum absolute atomic E-state index is 13.6. The second-order valence-corrected chi connectivity index (χ2v) is 10.6.